The molecule has 7 heteroatoms. The third-order valence-electron chi connectivity index (χ3n) is 4.71. The molecule has 0 aliphatic heterocycles. The molecule has 0 radical (unpaired) electrons. The van der Waals surface area contributed by atoms with Crippen LogP contribution in [0, 0.1) is 18.3 Å². The molecule has 2 heterocycles. The Morgan fingerprint density at radius 1 is 1.24 bits per heavy atom. The third kappa shape index (κ3) is 5.34. The van der Waals surface area contributed by atoms with Gasteiger partial charge < -0.3 is 10.7 Å². The summed E-state index contributed by atoms with van der Waals surface area (Å²) < 4.78 is 1.69. The lowest BCUT2D eigenvalue weighted by Crippen LogP contribution is -2.36. The minimum Gasteiger partial charge on any atom is -0.356 e. The van der Waals surface area contributed by atoms with Gasteiger partial charge in [-0.15, -0.1) is 0 Å². The lowest BCUT2D eigenvalue weighted by atomic mass is 9.96. The Kier molecular flexibility index (Phi) is 6.84. The van der Waals surface area contributed by atoms with Crippen molar-refractivity contribution in [2.75, 3.05) is 6.54 Å². The predicted octanol–water partition coefficient (Wildman–Crippen LogP) is 3.11. The molecular formula is C22H26N6O. The number of hydrogen-bond donors (Lipinski definition) is 2. The molecule has 0 aliphatic rings. The summed E-state index contributed by atoms with van der Waals surface area (Å²) in [6.07, 6.45) is 7.31. The Hall–Kier alpha value is -3.35. The Labute approximate surface area is 170 Å². The first-order chi connectivity index (χ1) is 14.1. The Morgan fingerprint density at radius 2 is 2.03 bits per heavy atom. The Morgan fingerprint density at radius 3 is 2.72 bits per heavy atom. The molecule has 2 aromatic heterocycles. The molecule has 3 rings (SSSR count). The van der Waals surface area contributed by atoms with Gasteiger partial charge in [0.15, 0.2) is 0 Å². The fraction of sp³-hybridized carbons (Fsp3) is 0.318. The number of aryl methyl sites for hydroxylation is 2. The smallest absolute Gasteiger partial charge is 0.235 e. The minimum atomic E-state index is -0.545. The molecule has 0 fully saturated rings. The lowest BCUT2D eigenvalue weighted by molar-refractivity contribution is -0.123. The molecule has 0 saturated heterocycles. The van der Waals surface area contributed by atoms with Crippen LogP contribution in [-0.2, 0) is 11.2 Å². The summed E-state index contributed by atoms with van der Waals surface area (Å²) in [5.74, 6) is -0.233. The van der Waals surface area contributed by atoms with Crippen molar-refractivity contribution < 1.29 is 4.79 Å². The minimum absolute atomic E-state index is 0.133. The number of aromatic nitrogens is 4. The van der Waals surface area contributed by atoms with Crippen LogP contribution in [0.3, 0.4) is 0 Å². The van der Waals surface area contributed by atoms with Gasteiger partial charge in [0.2, 0.25) is 11.9 Å². The van der Waals surface area contributed by atoms with Crippen molar-refractivity contribution in [2.45, 2.75) is 33.1 Å². The molecule has 150 valence electrons. The molecular weight excluding hydrogens is 364 g/mol. The van der Waals surface area contributed by atoms with E-state index in [1.807, 2.05) is 32.0 Å². The monoisotopic (exact) mass is 390 g/mol. The van der Waals surface area contributed by atoms with Gasteiger partial charge in [-0.05, 0) is 37.8 Å². The topological polar surface area (TPSA) is 96.6 Å². The number of rotatable bonds is 9. The fourth-order valence-corrected chi connectivity index (χ4v) is 3.15. The highest BCUT2D eigenvalue weighted by atomic mass is 16.1. The number of carbonyl (C=O) groups excluding carboxylic acids is 1. The molecule has 0 saturated carbocycles. The van der Waals surface area contributed by atoms with E-state index in [9.17, 15) is 4.79 Å². The first kappa shape index (κ1) is 20.4. The molecule has 1 amide bonds. The second-order valence-corrected chi connectivity index (χ2v) is 6.92. The van der Waals surface area contributed by atoms with E-state index >= 15 is 0 Å². The number of hydrogen-bond acceptors (Lipinski definition) is 5. The molecule has 1 atom stereocenters. The van der Waals surface area contributed by atoms with Gasteiger partial charge in [-0.25, -0.2) is 15.0 Å². The van der Waals surface area contributed by atoms with Crippen molar-refractivity contribution in [3.8, 4) is 5.95 Å². The van der Waals surface area contributed by atoms with Gasteiger partial charge in [-0.1, -0.05) is 37.3 Å². The van der Waals surface area contributed by atoms with Crippen LogP contribution in [0.5, 0.6) is 0 Å². The van der Waals surface area contributed by atoms with Crippen LogP contribution >= 0.6 is 0 Å². The van der Waals surface area contributed by atoms with Crippen LogP contribution in [0.15, 0.2) is 55.1 Å². The van der Waals surface area contributed by atoms with Crippen LogP contribution in [0.1, 0.15) is 36.7 Å². The molecule has 1 unspecified atom stereocenters. The number of nitrogens with zero attached hydrogens (tertiary/aromatic N) is 4. The lowest BCUT2D eigenvalue weighted by Gasteiger charge is -2.17. The van der Waals surface area contributed by atoms with Crippen LogP contribution in [-0.4, -0.2) is 37.7 Å². The van der Waals surface area contributed by atoms with E-state index in [1.165, 1.54) is 5.56 Å². The van der Waals surface area contributed by atoms with Gasteiger partial charge in [0.25, 0.3) is 0 Å². The summed E-state index contributed by atoms with van der Waals surface area (Å²) in [6, 6.07) is 11.9. The first-order valence-electron chi connectivity index (χ1n) is 9.83. The molecule has 29 heavy (non-hydrogen) atoms. The Balaban J connectivity index is 1.63. The summed E-state index contributed by atoms with van der Waals surface area (Å²) in [5.41, 5.74) is 2.67. The number of carbonyl (C=O) groups is 1. The average Bonchev–Trinajstić information content (AvgIpc) is 3.27. The van der Waals surface area contributed by atoms with Gasteiger partial charge in [0.1, 0.15) is 6.33 Å². The third-order valence-corrected chi connectivity index (χ3v) is 4.71. The van der Waals surface area contributed by atoms with Gasteiger partial charge in [-0.2, -0.15) is 0 Å². The quantitative estimate of drug-likeness (QED) is 0.433. The summed E-state index contributed by atoms with van der Waals surface area (Å²) >= 11 is 0. The van der Waals surface area contributed by atoms with E-state index in [4.69, 9.17) is 5.41 Å². The van der Waals surface area contributed by atoms with Crippen LogP contribution in [0.25, 0.3) is 5.95 Å². The average molecular weight is 390 g/mol. The van der Waals surface area contributed by atoms with E-state index < -0.39 is 5.92 Å². The number of benzene rings is 1. The van der Waals surface area contributed by atoms with Gasteiger partial charge in [-0.3, -0.25) is 9.36 Å². The van der Waals surface area contributed by atoms with Crippen LogP contribution in [0.2, 0.25) is 0 Å². The zero-order valence-corrected chi connectivity index (χ0v) is 16.8. The number of imidazole rings is 1. The van der Waals surface area contributed by atoms with Crippen LogP contribution < -0.4 is 5.32 Å². The molecule has 0 aliphatic carbocycles. The van der Waals surface area contributed by atoms with Crippen molar-refractivity contribution in [1.29, 1.82) is 5.41 Å². The SMILES string of the molecule is CCC(C(=N)c1cc(C)nc(-n2ccnc2)n1)C(=O)NCCCc1ccccc1. The summed E-state index contributed by atoms with van der Waals surface area (Å²) in [6.45, 7) is 4.34. The highest BCUT2D eigenvalue weighted by Gasteiger charge is 2.24. The number of nitrogens with one attached hydrogen (secondary N) is 2. The van der Waals surface area contributed by atoms with Crippen molar-refractivity contribution >= 4 is 11.6 Å². The second kappa shape index (κ2) is 9.73. The van der Waals surface area contributed by atoms with Crippen molar-refractivity contribution in [2.24, 2.45) is 5.92 Å². The van der Waals surface area contributed by atoms with E-state index in [2.05, 4.69) is 32.4 Å². The van der Waals surface area contributed by atoms with Gasteiger partial charge in [0, 0.05) is 24.6 Å². The highest BCUT2D eigenvalue weighted by Crippen LogP contribution is 2.14. The molecule has 2 N–H and O–H groups in total. The highest BCUT2D eigenvalue weighted by molar-refractivity contribution is 6.10. The van der Waals surface area contributed by atoms with Crippen LogP contribution in [0.4, 0.5) is 0 Å². The summed E-state index contributed by atoms with van der Waals surface area (Å²) in [7, 11) is 0. The normalized spacial score (nSPS) is 11.8. The predicted molar refractivity (Wildman–Crippen MR) is 112 cm³/mol. The number of amides is 1. The van der Waals surface area contributed by atoms with E-state index in [1.54, 1.807) is 29.4 Å². The maximum absolute atomic E-state index is 12.7. The zero-order valence-electron chi connectivity index (χ0n) is 16.8. The maximum atomic E-state index is 12.7. The van der Waals surface area contributed by atoms with E-state index in [0.29, 0.717) is 24.6 Å². The standard InChI is InChI=1S/C22H26N6O/c1-3-18(21(29)25-11-7-10-17-8-5-4-6-9-17)20(23)19-14-16(2)26-22(27-19)28-13-12-24-15-28/h4-6,8-9,12-15,18,23H,3,7,10-11H2,1-2H3,(H,25,29). The first-order valence-corrected chi connectivity index (χ1v) is 9.83. The van der Waals surface area contributed by atoms with E-state index in [-0.39, 0.29) is 11.6 Å². The Bertz CT molecular complexity index is 953. The molecule has 1 aromatic carbocycles. The van der Waals surface area contributed by atoms with Gasteiger partial charge in [0.05, 0.1) is 17.3 Å². The van der Waals surface area contributed by atoms with Gasteiger partial charge >= 0.3 is 0 Å². The molecule has 0 bridgehead atoms. The maximum Gasteiger partial charge on any atom is 0.235 e. The van der Waals surface area contributed by atoms with Crippen molar-refractivity contribution in [3.63, 3.8) is 0 Å². The largest absolute Gasteiger partial charge is 0.356 e. The zero-order chi connectivity index (χ0) is 20.6. The summed E-state index contributed by atoms with van der Waals surface area (Å²) in [5, 5.41) is 11.5. The second-order valence-electron chi connectivity index (χ2n) is 6.92. The van der Waals surface area contributed by atoms with Crippen molar-refractivity contribution in [3.05, 3.63) is 72.1 Å². The molecule has 7 nitrogen and oxygen atoms in total. The molecule has 3 aromatic rings. The summed E-state index contributed by atoms with van der Waals surface area (Å²) in [4.78, 5) is 25.6. The fourth-order valence-electron chi connectivity index (χ4n) is 3.15. The molecule has 0 spiro atoms. The van der Waals surface area contributed by atoms with E-state index in [0.717, 1.165) is 18.5 Å². The van der Waals surface area contributed by atoms with Crippen molar-refractivity contribution in [1.82, 2.24) is 24.8 Å².